The van der Waals surface area contributed by atoms with Crippen LogP contribution >= 0.6 is 0 Å². The summed E-state index contributed by atoms with van der Waals surface area (Å²) in [4.78, 5) is 4.54. The second kappa shape index (κ2) is 4.35. The molecule has 1 aromatic heterocycles. The van der Waals surface area contributed by atoms with Crippen LogP contribution < -0.4 is 5.73 Å². The number of aromatic nitrogens is 2. The van der Waals surface area contributed by atoms with Gasteiger partial charge in [-0.05, 0) is 19.8 Å². The van der Waals surface area contributed by atoms with Crippen LogP contribution in [0.4, 0.5) is 0 Å². The van der Waals surface area contributed by atoms with Crippen LogP contribution in [0.15, 0.2) is 12.4 Å². The van der Waals surface area contributed by atoms with Crippen molar-refractivity contribution in [2.75, 3.05) is 6.54 Å². The summed E-state index contributed by atoms with van der Waals surface area (Å²) in [6, 6.07) is 0. The van der Waals surface area contributed by atoms with Gasteiger partial charge in [0.05, 0.1) is 0 Å². The first-order valence-corrected chi connectivity index (χ1v) is 6.04. The zero-order chi connectivity index (χ0) is 10.7. The molecule has 3 heteroatoms. The number of aryl methyl sites for hydroxylation is 1. The van der Waals surface area contributed by atoms with Gasteiger partial charge in [0.2, 0.25) is 0 Å². The molecule has 0 radical (unpaired) electrons. The van der Waals surface area contributed by atoms with Gasteiger partial charge in [-0.15, -0.1) is 0 Å². The van der Waals surface area contributed by atoms with Gasteiger partial charge in [0.25, 0.3) is 0 Å². The van der Waals surface area contributed by atoms with Crippen LogP contribution in [0.25, 0.3) is 0 Å². The molecule has 1 heterocycles. The Balaban J connectivity index is 2.32. The average Bonchev–Trinajstić information content (AvgIpc) is 2.78. The van der Waals surface area contributed by atoms with E-state index in [-0.39, 0.29) is 5.41 Å². The van der Waals surface area contributed by atoms with Crippen LogP contribution in [-0.2, 0) is 12.0 Å². The van der Waals surface area contributed by atoms with Crippen LogP contribution in [0.3, 0.4) is 0 Å². The lowest BCUT2D eigenvalue weighted by Gasteiger charge is -2.35. The van der Waals surface area contributed by atoms with E-state index in [0.29, 0.717) is 0 Å². The normalized spacial score (nSPS) is 20.4. The molecule has 1 fully saturated rings. The molecule has 0 aromatic carbocycles. The lowest BCUT2D eigenvalue weighted by atomic mass is 9.73. The van der Waals surface area contributed by atoms with E-state index in [1.54, 1.807) is 0 Å². The highest BCUT2D eigenvalue weighted by atomic mass is 15.1. The highest BCUT2D eigenvalue weighted by Crippen LogP contribution is 2.37. The third-order valence-electron chi connectivity index (χ3n) is 3.73. The predicted molar refractivity (Wildman–Crippen MR) is 61.7 cm³/mol. The van der Waals surface area contributed by atoms with E-state index >= 15 is 0 Å². The maximum absolute atomic E-state index is 6.00. The van der Waals surface area contributed by atoms with Crippen molar-refractivity contribution in [3.63, 3.8) is 0 Å². The molecule has 0 spiro atoms. The fraction of sp³-hybridized carbons (Fsp3) is 0.750. The Morgan fingerprint density at radius 3 is 2.73 bits per heavy atom. The van der Waals surface area contributed by atoms with E-state index in [2.05, 4.69) is 22.7 Å². The van der Waals surface area contributed by atoms with E-state index in [1.165, 1.54) is 37.9 Å². The summed E-state index contributed by atoms with van der Waals surface area (Å²) in [6.07, 6.45) is 10.4. The van der Waals surface area contributed by atoms with Gasteiger partial charge in [-0.2, -0.15) is 0 Å². The Bertz CT molecular complexity index is 310. The molecule has 15 heavy (non-hydrogen) atoms. The van der Waals surface area contributed by atoms with E-state index < -0.39 is 0 Å². The van der Waals surface area contributed by atoms with Gasteiger partial charge in [-0.25, -0.2) is 4.98 Å². The summed E-state index contributed by atoms with van der Waals surface area (Å²) in [5, 5.41) is 0. The Morgan fingerprint density at radius 2 is 2.13 bits per heavy atom. The zero-order valence-corrected chi connectivity index (χ0v) is 9.58. The summed E-state index contributed by atoms with van der Waals surface area (Å²) in [7, 11) is 0. The van der Waals surface area contributed by atoms with Gasteiger partial charge in [0.1, 0.15) is 5.82 Å². The monoisotopic (exact) mass is 207 g/mol. The molecule has 3 nitrogen and oxygen atoms in total. The van der Waals surface area contributed by atoms with E-state index in [4.69, 9.17) is 5.73 Å². The minimum Gasteiger partial charge on any atom is -0.335 e. The Hall–Kier alpha value is -0.830. The van der Waals surface area contributed by atoms with Crippen LogP contribution in [0.2, 0.25) is 0 Å². The summed E-state index contributed by atoms with van der Waals surface area (Å²) >= 11 is 0. The van der Waals surface area contributed by atoms with Crippen molar-refractivity contribution in [1.29, 1.82) is 0 Å². The molecule has 1 aliphatic carbocycles. The largest absolute Gasteiger partial charge is 0.335 e. The van der Waals surface area contributed by atoms with E-state index in [9.17, 15) is 0 Å². The molecule has 1 saturated carbocycles. The third kappa shape index (κ3) is 1.81. The van der Waals surface area contributed by atoms with Crippen molar-refractivity contribution in [2.45, 2.75) is 51.0 Å². The van der Waals surface area contributed by atoms with Crippen molar-refractivity contribution in [3.8, 4) is 0 Å². The molecular weight excluding hydrogens is 186 g/mol. The van der Waals surface area contributed by atoms with Crippen LogP contribution in [0, 0.1) is 0 Å². The molecule has 2 N–H and O–H groups in total. The first-order valence-electron chi connectivity index (χ1n) is 6.04. The molecule has 0 bridgehead atoms. The quantitative estimate of drug-likeness (QED) is 0.824. The molecular formula is C12H21N3. The number of imidazole rings is 1. The third-order valence-corrected chi connectivity index (χ3v) is 3.73. The summed E-state index contributed by atoms with van der Waals surface area (Å²) in [5.74, 6) is 1.22. The Morgan fingerprint density at radius 1 is 1.40 bits per heavy atom. The maximum Gasteiger partial charge on any atom is 0.116 e. The molecule has 0 atom stereocenters. The molecule has 0 amide bonds. The topological polar surface area (TPSA) is 43.8 Å². The minimum atomic E-state index is 0.164. The fourth-order valence-corrected chi connectivity index (χ4v) is 2.77. The van der Waals surface area contributed by atoms with E-state index in [0.717, 1.165) is 13.1 Å². The molecule has 2 rings (SSSR count). The maximum atomic E-state index is 6.00. The second-order valence-corrected chi connectivity index (χ2v) is 4.58. The van der Waals surface area contributed by atoms with Gasteiger partial charge in [-0.3, -0.25) is 0 Å². The molecule has 0 unspecified atom stereocenters. The van der Waals surface area contributed by atoms with Crippen molar-refractivity contribution >= 4 is 0 Å². The predicted octanol–water partition coefficient (Wildman–Crippen LogP) is 2.06. The number of hydrogen-bond donors (Lipinski definition) is 1. The Kier molecular flexibility index (Phi) is 3.10. The van der Waals surface area contributed by atoms with Gasteiger partial charge in [-0.1, -0.05) is 19.3 Å². The lowest BCUT2D eigenvalue weighted by Crippen LogP contribution is -2.39. The Labute approximate surface area is 91.7 Å². The lowest BCUT2D eigenvalue weighted by molar-refractivity contribution is 0.277. The van der Waals surface area contributed by atoms with Crippen LogP contribution in [-0.4, -0.2) is 16.1 Å². The number of nitrogens with two attached hydrogens (primary N) is 1. The van der Waals surface area contributed by atoms with Crippen LogP contribution in [0.1, 0.15) is 44.9 Å². The highest BCUT2D eigenvalue weighted by Gasteiger charge is 2.35. The molecule has 0 aliphatic heterocycles. The fourth-order valence-electron chi connectivity index (χ4n) is 2.77. The number of hydrogen-bond acceptors (Lipinski definition) is 2. The second-order valence-electron chi connectivity index (χ2n) is 4.58. The van der Waals surface area contributed by atoms with Crippen molar-refractivity contribution in [3.05, 3.63) is 18.2 Å². The molecule has 0 saturated heterocycles. The van der Waals surface area contributed by atoms with E-state index in [1.807, 2.05) is 6.20 Å². The minimum absolute atomic E-state index is 0.164. The number of rotatable bonds is 3. The summed E-state index contributed by atoms with van der Waals surface area (Å²) in [6.45, 7) is 3.90. The van der Waals surface area contributed by atoms with Gasteiger partial charge >= 0.3 is 0 Å². The zero-order valence-electron chi connectivity index (χ0n) is 9.58. The first kappa shape index (κ1) is 10.7. The van der Waals surface area contributed by atoms with Crippen LogP contribution in [0.5, 0.6) is 0 Å². The summed E-state index contributed by atoms with van der Waals surface area (Å²) in [5.41, 5.74) is 6.16. The van der Waals surface area contributed by atoms with Gasteiger partial charge in [0.15, 0.2) is 0 Å². The van der Waals surface area contributed by atoms with Crippen molar-refractivity contribution in [2.24, 2.45) is 5.73 Å². The van der Waals surface area contributed by atoms with Crippen molar-refractivity contribution < 1.29 is 0 Å². The standard InChI is InChI=1S/C12H21N3/c1-2-15-9-8-14-11(15)12(10-13)6-4-3-5-7-12/h8-9H,2-7,10,13H2,1H3. The molecule has 1 aliphatic rings. The molecule has 84 valence electrons. The number of nitrogens with zero attached hydrogens (tertiary/aromatic N) is 2. The highest BCUT2D eigenvalue weighted by molar-refractivity contribution is 5.12. The van der Waals surface area contributed by atoms with Gasteiger partial charge < -0.3 is 10.3 Å². The van der Waals surface area contributed by atoms with Gasteiger partial charge in [0, 0.05) is 30.9 Å². The SMILES string of the molecule is CCn1ccnc1C1(CN)CCCCC1. The smallest absolute Gasteiger partial charge is 0.116 e. The first-order chi connectivity index (χ1) is 7.32. The average molecular weight is 207 g/mol. The summed E-state index contributed by atoms with van der Waals surface area (Å²) < 4.78 is 2.25. The molecule has 1 aromatic rings. The van der Waals surface area contributed by atoms with Crippen molar-refractivity contribution in [1.82, 2.24) is 9.55 Å².